The van der Waals surface area contributed by atoms with Gasteiger partial charge in [-0.15, -0.1) is 0 Å². The zero-order chi connectivity index (χ0) is 14.7. The Morgan fingerprint density at radius 2 is 1.74 bits per heavy atom. The van der Waals surface area contributed by atoms with E-state index in [9.17, 15) is 4.79 Å². The van der Waals surface area contributed by atoms with Crippen molar-refractivity contribution < 1.29 is 9.53 Å². The van der Waals surface area contributed by atoms with Crippen LogP contribution in [0.25, 0.3) is 0 Å². The van der Waals surface area contributed by atoms with Gasteiger partial charge in [-0.3, -0.25) is 0 Å². The van der Waals surface area contributed by atoms with Crippen LogP contribution in [-0.2, 0) is 9.53 Å². The fourth-order valence-electron chi connectivity index (χ4n) is 2.12. The second-order valence-electron chi connectivity index (χ2n) is 6.54. The van der Waals surface area contributed by atoms with E-state index in [2.05, 4.69) is 34.3 Å². The van der Waals surface area contributed by atoms with E-state index in [-0.39, 0.29) is 12.1 Å². The van der Waals surface area contributed by atoms with Gasteiger partial charge in [0, 0.05) is 6.08 Å². The van der Waals surface area contributed by atoms with Gasteiger partial charge in [0.25, 0.3) is 0 Å². The van der Waals surface area contributed by atoms with Crippen LogP contribution in [0.3, 0.4) is 0 Å². The summed E-state index contributed by atoms with van der Waals surface area (Å²) in [5.41, 5.74) is 0.464. The van der Waals surface area contributed by atoms with Crippen molar-refractivity contribution in [1.29, 1.82) is 0 Å². The summed E-state index contributed by atoms with van der Waals surface area (Å²) in [6, 6.07) is 0. The zero-order valence-corrected chi connectivity index (χ0v) is 13.3. The summed E-state index contributed by atoms with van der Waals surface area (Å²) < 4.78 is 5.26. The van der Waals surface area contributed by atoms with E-state index in [0.717, 1.165) is 19.3 Å². The third-order valence-electron chi connectivity index (χ3n) is 3.36. The Morgan fingerprint density at radius 3 is 2.26 bits per heavy atom. The number of carbonyl (C=O) groups is 1. The van der Waals surface area contributed by atoms with Crippen LogP contribution in [0, 0.1) is 5.41 Å². The number of hydrogen-bond donors (Lipinski definition) is 0. The molecule has 0 rings (SSSR count). The highest BCUT2D eigenvalue weighted by atomic mass is 16.5. The van der Waals surface area contributed by atoms with E-state index in [1.807, 2.05) is 0 Å². The van der Waals surface area contributed by atoms with Gasteiger partial charge < -0.3 is 4.74 Å². The van der Waals surface area contributed by atoms with E-state index in [1.54, 1.807) is 0 Å². The third-order valence-corrected chi connectivity index (χ3v) is 3.36. The third kappa shape index (κ3) is 12.0. The highest BCUT2D eigenvalue weighted by molar-refractivity contribution is 5.81. The summed E-state index contributed by atoms with van der Waals surface area (Å²) in [6.45, 7) is 12.4. The van der Waals surface area contributed by atoms with Gasteiger partial charge in [0.05, 0.1) is 0 Å². The predicted molar refractivity (Wildman–Crippen MR) is 82.1 cm³/mol. The Morgan fingerprint density at radius 1 is 1.16 bits per heavy atom. The first kappa shape index (κ1) is 18.2. The molecule has 0 spiro atoms. The number of esters is 1. The lowest BCUT2D eigenvalue weighted by Gasteiger charge is -2.17. The number of ether oxygens (including phenoxy) is 1. The summed E-state index contributed by atoms with van der Waals surface area (Å²) in [5.74, 6) is -0.294. The molecule has 0 aliphatic heterocycles. The van der Waals surface area contributed by atoms with Gasteiger partial charge in [-0.2, -0.15) is 0 Å². The Bertz CT molecular complexity index is 250. The minimum Gasteiger partial charge on any atom is -0.459 e. The molecule has 0 amide bonds. The van der Waals surface area contributed by atoms with Crippen LogP contribution < -0.4 is 0 Å². The molecule has 0 aliphatic rings. The molecular formula is C17H32O2. The topological polar surface area (TPSA) is 26.3 Å². The van der Waals surface area contributed by atoms with Crippen LogP contribution >= 0.6 is 0 Å². The molecular weight excluding hydrogens is 236 g/mol. The van der Waals surface area contributed by atoms with Gasteiger partial charge in [0.15, 0.2) is 0 Å². The summed E-state index contributed by atoms with van der Waals surface area (Å²) >= 11 is 0. The monoisotopic (exact) mass is 268 g/mol. The second kappa shape index (κ2) is 10.1. The molecule has 112 valence electrons. The van der Waals surface area contributed by atoms with Crippen LogP contribution in [0.1, 0.15) is 79.1 Å². The minimum absolute atomic E-state index is 0.0695. The Hall–Kier alpha value is -0.790. The van der Waals surface area contributed by atoms with Gasteiger partial charge in [-0.05, 0) is 31.1 Å². The molecule has 2 heteroatoms. The highest BCUT2D eigenvalue weighted by Crippen LogP contribution is 2.22. The lowest BCUT2D eigenvalue weighted by molar-refractivity contribution is -0.143. The molecule has 0 aliphatic carbocycles. The van der Waals surface area contributed by atoms with Gasteiger partial charge >= 0.3 is 5.97 Å². The fourth-order valence-corrected chi connectivity index (χ4v) is 2.12. The van der Waals surface area contributed by atoms with E-state index >= 15 is 0 Å². The molecule has 1 unspecified atom stereocenters. The van der Waals surface area contributed by atoms with Crippen molar-refractivity contribution in [1.82, 2.24) is 0 Å². The normalized spacial score (nSPS) is 13.1. The second-order valence-corrected chi connectivity index (χ2v) is 6.54. The van der Waals surface area contributed by atoms with Gasteiger partial charge in [0.1, 0.15) is 6.10 Å². The van der Waals surface area contributed by atoms with Gasteiger partial charge in [-0.25, -0.2) is 4.79 Å². The van der Waals surface area contributed by atoms with E-state index < -0.39 is 0 Å². The molecule has 19 heavy (non-hydrogen) atoms. The van der Waals surface area contributed by atoms with E-state index in [0.29, 0.717) is 5.41 Å². The molecule has 1 atom stereocenters. The van der Waals surface area contributed by atoms with Gasteiger partial charge in [0.2, 0.25) is 0 Å². The number of unbranched alkanes of at least 4 members (excludes halogenated alkanes) is 4. The molecule has 0 saturated carbocycles. The molecule has 0 aromatic heterocycles. The number of hydrogen-bond acceptors (Lipinski definition) is 2. The zero-order valence-electron chi connectivity index (χ0n) is 13.3. The Kier molecular flexibility index (Phi) is 9.63. The minimum atomic E-state index is -0.294. The molecule has 0 heterocycles. The fraction of sp³-hybridized carbons (Fsp3) is 0.824. The van der Waals surface area contributed by atoms with Crippen molar-refractivity contribution in [3.05, 3.63) is 12.7 Å². The van der Waals surface area contributed by atoms with Crippen molar-refractivity contribution in [2.24, 2.45) is 5.41 Å². The molecule has 0 N–H and O–H groups in total. The summed E-state index contributed by atoms with van der Waals surface area (Å²) in [7, 11) is 0. The van der Waals surface area contributed by atoms with Crippen molar-refractivity contribution >= 4 is 5.97 Å². The molecule has 0 saturated heterocycles. The van der Waals surface area contributed by atoms with Crippen LogP contribution in [-0.4, -0.2) is 12.1 Å². The maximum atomic E-state index is 11.1. The van der Waals surface area contributed by atoms with Crippen LogP contribution in [0.5, 0.6) is 0 Å². The quantitative estimate of drug-likeness (QED) is 0.306. The van der Waals surface area contributed by atoms with Gasteiger partial charge in [-0.1, -0.05) is 60.0 Å². The summed E-state index contributed by atoms with van der Waals surface area (Å²) in [6.07, 6.45) is 10.8. The molecule has 0 aromatic carbocycles. The average Bonchev–Trinajstić information content (AvgIpc) is 2.34. The number of carbonyl (C=O) groups excluding carboxylic acids is 1. The first-order chi connectivity index (χ1) is 8.89. The van der Waals surface area contributed by atoms with Crippen molar-refractivity contribution in [2.45, 2.75) is 85.2 Å². The molecule has 0 radical (unpaired) electrons. The van der Waals surface area contributed by atoms with Crippen LogP contribution in [0.2, 0.25) is 0 Å². The Labute approximate surface area is 119 Å². The predicted octanol–water partition coefficient (Wildman–Crippen LogP) is 5.27. The largest absolute Gasteiger partial charge is 0.459 e. The van der Waals surface area contributed by atoms with Crippen molar-refractivity contribution in [3.63, 3.8) is 0 Å². The maximum Gasteiger partial charge on any atom is 0.330 e. The van der Waals surface area contributed by atoms with Crippen LogP contribution in [0.15, 0.2) is 12.7 Å². The average molecular weight is 268 g/mol. The molecule has 0 bridgehead atoms. The standard InChI is InChI=1S/C17H32O2/c1-6-15(19-16(18)7-2)13-11-9-8-10-12-14-17(3,4)5/h7,15H,2,6,8-14H2,1,3-5H3. The molecule has 0 fully saturated rings. The lowest BCUT2D eigenvalue weighted by Crippen LogP contribution is -2.15. The van der Waals surface area contributed by atoms with Crippen molar-refractivity contribution in [3.8, 4) is 0 Å². The maximum absolute atomic E-state index is 11.1. The van der Waals surface area contributed by atoms with E-state index in [1.165, 1.54) is 38.2 Å². The molecule has 0 aromatic rings. The summed E-state index contributed by atoms with van der Waals surface area (Å²) in [4.78, 5) is 11.1. The van der Waals surface area contributed by atoms with Crippen molar-refractivity contribution in [2.75, 3.05) is 0 Å². The Balaban J connectivity index is 3.51. The first-order valence-electron chi connectivity index (χ1n) is 7.72. The van der Waals surface area contributed by atoms with E-state index in [4.69, 9.17) is 4.74 Å². The first-order valence-corrected chi connectivity index (χ1v) is 7.72. The lowest BCUT2D eigenvalue weighted by atomic mass is 9.89. The highest BCUT2D eigenvalue weighted by Gasteiger charge is 2.10. The smallest absolute Gasteiger partial charge is 0.330 e. The number of rotatable bonds is 10. The summed E-state index contributed by atoms with van der Waals surface area (Å²) in [5, 5.41) is 0. The SMILES string of the molecule is C=CC(=O)OC(CC)CCCCCCCC(C)(C)C. The van der Waals surface area contributed by atoms with Crippen LogP contribution in [0.4, 0.5) is 0 Å². The molecule has 2 nitrogen and oxygen atoms in total.